The Kier molecular flexibility index (Phi) is 2.98. The molecule has 1 aromatic rings. The van der Waals surface area contributed by atoms with Crippen molar-refractivity contribution in [2.75, 3.05) is 11.4 Å². The van der Waals surface area contributed by atoms with Gasteiger partial charge in [0.2, 0.25) is 5.91 Å². The number of carbonyl (C=O) groups excluding carboxylic acids is 1. The monoisotopic (exact) mass is 266 g/mol. The van der Waals surface area contributed by atoms with E-state index in [0.29, 0.717) is 18.7 Å². The number of amides is 1. The van der Waals surface area contributed by atoms with Crippen molar-refractivity contribution in [2.24, 2.45) is 4.52 Å². The normalized spacial score (nSPS) is 13.9. The summed E-state index contributed by atoms with van der Waals surface area (Å²) in [6, 6.07) is 4.39. The average Bonchev–Trinajstić information content (AvgIpc) is 2.71. The highest BCUT2D eigenvalue weighted by Gasteiger charge is 2.24. The lowest BCUT2D eigenvalue weighted by atomic mass is 10.2. The number of sulfonamides is 1. The summed E-state index contributed by atoms with van der Waals surface area (Å²) in [5.74, 6) is -0.146. The largest absolute Gasteiger partial charge is 0.312 e. The zero-order valence-electron chi connectivity index (χ0n) is 9.57. The Bertz CT molecular complexity index is 662. The summed E-state index contributed by atoms with van der Waals surface area (Å²) in [5, 5.41) is 0. The van der Waals surface area contributed by atoms with Gasteiger partial charge >= 0.3 is 0 Å². The summed E-state index contributed by atoms with van der Waals surface area (Å²) in [6.07, 6.45) is 0.691. The van der Waals surface area contributed by atoms with E-state index in [1.165, 1.54) is 24.0 Å². The highest BCUT2D eigenvalue weighted by atomic mass is 32.2. The number of hydrogen-bond acceptors (Lipinski definition) is 3. The van der Waals surface area contributed by atoms with Crippen LogP contribution in [0.5, 0.6) is 0 Å². The summed E-state index contributed by atoms with van der Waals surface area (Å²) in [7, 11) is -4.01. The SMILES string of the molecule is CC(=O)N1CCc2ccc(S(=O)(=O)N=[N+]=[N-])cc21. The van der Waals surface area contributed by atoms with Crippen molar-refractivity contribution >= 4 is 21.6 Å². The molecule has 1 amide bonds. The van der Waals surface area contributed by atoms with E-state index in [0.717, 1.165) is 5.56 Å². The van der Waals surface area contributed by atoms with Gasteiger partial charge in [0.1, 0.15) is 0 Å². The maximum atomic E-state index is 11.6. The van der Waals surface area contributed by atoms with Crippen LogP contribution < -0.4 is 4.90 Å². The summed E-state index contributed by atoms with van der Waals surface area (Å²) < 4.78 is 25.9. The molecule has 8 heteroatoms. The lowest BCUT2D eigenvalue weighted by Crippen LogP contribution is -2.25. The third-order valence-corrected chi connectivity index (χ3v) is 3.91. The molecular weight excluding hydrogens is 256 g/mol. The Balaban J connectivity index is 2.54. The molecule has 0 aliphatic carbocycles. The van der Waals surface area contributed by atoms with Crippen LogP contribution in [0, 0.1) is 0 Å². The Morgan fingerprint density at radius 2 is 2.22 bits per heavy atom. The van der Waals surface area contributed by atoms with Gasteiger partial charge in [-0.05, 0) is 29.6 Å². The van der Waals surface area contributed by atoms with Gasteiger partial charge < -0.3 is 4.90 Å². The molecule has 0 aromatic heterocycles. The molecule has 0 N–H and O–H groups in total. The number of anilines is 1. The van der Waals surface area contributed by atoms with Gasteiger partial charge in [-0.25, -0.2) is 8.42 Å². The summed E-state index contributed by atoms with van der Waals surface area (Å²) in [4.78, 5) is 15.1. The van der Waals surface area contributed by atoms with Gasteiger partial charge in [0.05, 0.1) is 4.90 Å². The van der Waals surface area contributed by atoms with Crippen molar-refractivity contribution in [2.45, 2.75) is 18.2 Å². The van der Waals surface area contributed by atoms with Crippen molar-refractivity contribution in [3.63, 3.8) is 0 Å². The predicted molar refractivity (Wildman–Crippen MR) is 64.5 cm³/mol. The molecule has 18 heavy (non-hydrogen) atoms. The first kappa shape index (κ1) is 12.4. The van der Waals surface area contributed by atoms with Gasteiger partial charge in [-0.15, -0.1) is 0 Å². The van der Waals surface area contributed by atoms with Gasteiger partial charge in [0.15, 0.2) is 0 Å². The summed E-state index contributed by atoms with van der Waals surface area (Å²) in [6.45, 7) is 1.96. The number of azide groups is 1. The molecule has 94 valence electrons. The highest BCUT2D eigenvalue weighted by Crippen LogP contribution is 2.31. The number of carbonyl (C=O) groups is 1. The molecule has 1 aliphatic rings. The minimum absolute atomic E-state index is 0.104. The lowest BCUT2D eigenvalue weighted by Gasteiger charge is -2.15. The van der Waals surface area contributed by atoms with E-state index in [-0.39, 0.29) is 10.8 Å². The number of rotatable bonds is 2. The maximum absolute atomic E-state index is 11.6. The fraction of sp³-hybridized carbons (Fsp3) is 0.300. The van der Waals surface area contributed by atoms with E-state index in [1.807, 2.05) is 0 Å². The van der Waals surface area contributed by atoms with Crippen LogP contribution in [0.1, 0.15) is 12.5 Å². The van der Waals surface area contributed by atoms with Gasteiger partial charge in [-0.1, -0.05) is 6.07 Å². The molecule has 2 rings (SSSR count). The van der Waals surface area contributed by atoms with Crippen LogP contribution in [0.3, 0.4) is 0 Å². The summed E-state index contributed by atoms with van der Waals surface area (Å²) in [5.41, 5.74) is 9.69. The lowest BCUT2D eigenvalue weighted by molar-refractivity contribution is -0.116. The van der Waals surface area contributed by atoms with Crippen molar-refractivity contribution in [1.29, 1.82) is 0 Å². The zero-order chi connectivity index (χ0) is 13.3. The first-order valence-corrected chi connectivity index (χ1v) is 6.62. The van der Waals surface area contributed by atoms with E-state index in [2.05, 4.69) is 9.43 Å². The number of fused-ring (bicyclic) bond motifs is 1. The van der Waals surface area contributed by atoms with Gasteiger partial charge in [0, 0.05) is 28.6 Å². The van der Waals surface area contributed by atoms with Crippen LogP contribution in [-0.4, -0.2) is 20.9 Å². The fourth-order valence-corrected chi connectivity index (χ4v) is 2.63. The molecule has 1 heterocycles. The Labute approximate surface area is 104 Å². The topological polar surface area (TPSA) is 103 Å². The summed E-state index contributed by atoms with van der Waals surface area (Å²) >= 11 is 0. The van der Waals surface area contributed by atoms with Crippen LogP contribution in [0.15, 0.2) is 27.6 Å². The number of hydrogen-bond donors (Lipinski definition) is 0. The Hall–Kier alpha value is -2.05. The van der Waals surface area contributed by atoms with E-state index >= 15 is 0 Å². The minimum Gasteiger partial charge on any atom is -0.312 e. The number of nitrogens with zero attached hydrogens (tertiary/aromatic N) is 4. The van der Waals surface area contributed by atoms with Gasteiger partial charge in [0.25, 0.3) is 10.0 Å². The van der Waals surface area contributed by atoms with Crippen molar-refractivity contribution in [3.05, 3.63) is 34.2 Å². The predicted octanol–water partition coefficient (Wildman–Crippen LogP) is 1.59. The van der Waals surface area contributed by atoms with Crippen molar-refractivity contribution in [1.82, 2.24) is 0 Å². The number of benzene rings is 1. The molecule has 1 aromatic carbocycles. The van der Waals surface area contributed by atoms with Crippen LogP contribution in [0.25, 0.3) is 10.4 Å². The quantitative estimate of drug-likeness (QED) is 0.461. The Morgan fingerprint density at radius 3 is 2.83 bits per heavy atom. The molecule has 0 fully saturated rings. The van der Waals surface area contributed by atoms with E-state index < -0.39 is 10.0 Å². The van der Waals surface area contributed by atoms with Crippen molar-refractivity contribution in [3.8, 4) is 0 Å². The maximum Gasteiger partial charge on any atom is 0.264 e. The second kappa shape index (κ2) is 4.32. The van der Waals surface area contributed by atoms with Crippen LogP contribution in [-0.2, 0) is 21.2 Å². The highest BCUT2D eigenvalue weighted by molar-refractivity contribution is 7.90. The van der Waals surface area contributed by atoms with Gasteiger partial charge in [-0.3, -0.25) is 4.79 Å². The van der Waals surface area contributed by atoms with Crippen molar-refractivity contribution < 1.29 is 13.2 Å². The molecule has 0 radical (unpaired) electrons. The van der Waals surface area contributed by atoms with Crippen LogP contribution in [0.4, 0.5) is 5.69 Å². The Morgan fingerprint density at radius 1 is 1.50 bits per heavy atom. The molecule has 0 spiro atoms. The minimum atomic E-state index is -4.01. The second-order valence-corrected chi connectivity index (χ2v) is 5.44. The molecule has 0 unspecified atom stereocenters. The van der Waals surface area contributed by atoms with E-state index in [4.69, 9.17) is 5.53 Å². The second-order valence-electron chi connectivity index (χ2n) is 3.86. The smallest absolute Gasteiger partial charge is 0.264 e. The average molecular weight is 266 g/mol. The molecule has 0 saturated carbocycles. The molecule has 0 atom stereocenters. The van der Waals surface area contributed by atoms with Gasteiger partial charge in [-0.2, -0.15) is 0 Å². The molecule has 1 aliphatic heterocycles. The standard InChI is InChI=1S/C10H10N4O3S/c1-7(15)14-5-4-8-2-3-9(6-10(8)14)18(16,17)13-12-11/h2-3,6H,4-5H2,1H3. The fourth-order valence-electron chi connectivity index (χ4n) is 1.94. The first-order chi connectivity index (χ1) is 8.45. The molecule has 0 bridgehead atoms. The zero-order valence-corrected chi connectivity index (χ0v) is 10.4. The third-order valence-electron chi connectivity index (χ3n) is 2.77. The van der Waals surface area contributed by atoms with E-state index in [1.54, 1.807) is 6.07 Å². The van der Waals surface area contributed by atoms with Crippen LogP contribution >= 0.6 is 0 Å². The molecule has 0 saturated heterocycles. The van der Waals surface area contributed by atoms with E-state index in [9.17, 15) is 13.2 Å². The third kappa shape index (κ3) is 2.03. The molecule has 7 nitrogen and oxygen atoms in total. The van der Waals surface area contributed by atoms with Crippen LogP contribution in [0.2, 0.25) is 0 Å². The molecular formula is C10H10N4O3S. The first-order valence-electron chi connectivity index (χ1n) is 5.18.